The van der Waals surface area contributed by atoms with Gasteiger partial charge in [-0.1, -0.05) is 30.1 Å². The van der Waals surface area contributed by atoms with E-state index in [1.807, 2.05) is 0 Å². The highest BCUT2D eigenvalue weighted by Crippen LogP contribution is 2.33. The number of nitrogens with one attached hydrogen (secondary N) is 1. The highest BCUT2D eigenvalue weighted by molar-refractivity contribution is 7.89. The first-order chi connectivity index (χ1) is 9.98. The molecule has 0 unspecified atom stereocenters. The molecule has 1 aliphatic heterocycles. The number of hydrogen-bond acceptors (Lipinski definition) is 3. The van der Waals surface area contributed by atoms with Crippen LogP contribution in [0.25, 0.3) is 0 Å². The third-order valence-electron chi connectivity index (χ3n) is 3.56. The average molecular weight is 351 g/mol. The summed E-state index contributed by atoms with van der Waals surface area (Å²) >= 11 is 12.5. The summed E-state index contributed by atoms with van der Waals surface area (Å²) < 4.78 is 26.7. The Kier molecular flexibility index (Phi) is 5.91. The maximum absolute atomic E-state index is 12.6. The molecule has 1 heterocycles. The lowest BCUT2D eigenvalue weighted by atomic mass is 10.2. The van der Waals surface area contributed by atoms with Gasteiger partial charge in [0.1, 0.15) is 4.90 Å². The topological polar surface area (TPSA) is 49.4 Å². The summed E-state index contributed by atoms with van der Waals surface area (Å²) in [7, 11) is -3.52. The Morgan fingerprint density at radius 1 is 1.24 bits per heavy atom. The van der Waals surface area contributed by atoms with Gasteiger partial charge in [-0.25, -0.2) is 8.42 Å². The first-order valence-corrected chi connectivity index (χ1v) is 9.35. The molecular weight excluding hydrogens is 331 g/mol. The molecule has 21 heavy (non-hydrogen) atoms. The van der Waals surface area contributed by atoms with Gasteiger partial charge in [0.2, 0.25) is 10.0 Å². The fourth-order valence-corrected chi connectivity index (χ4v) is 4.80. The molecule has 1 aromatic rings. The molecule has 0 amide bonds. The van der Waals surface area contributed by atoms with Gasteiger partial charge >= 0.3 is 0 Å². The van der Waals surface area contributed by atoms with Gasteiger partial charge in [0.25, 0.3) is 0 Å². The predicted octanol–water partition coefficient (Wildman–Crippen LogP) is 3.28. The molecule has 1 aromatic carbocycles. The van der Waals surface area contributed by atoms with Crippen molar-refractivity contribution in [2.75, 3.05) is 19.6 Å². The molecule has 4 nitrogen and oxygen atoms in total. The lowest BCUT2D eigenvalue weighted by Crippen LogP contribution is -2.28. The number of benzene rings is 1. The smallest absolute Gasteiger partial charge is 0.244 e. The predicted molar refractivity (Wildman–Crippen MR) is 86.5 cm³/mol. The molecule has 7 heteroatoms. The first kappa shape index (κ1) is 17.0. The van der Waals surface area contributed by atoms with Crippen molar-refractivity contribution in [1.29, 1.82) is 0 Å². The largest absolute Gasteiger partial charge is 0.313 e. The molecule has 118 valence electrons. The molecular formula is C14H20Cl2N2O2S. The molecule has 2 rings (SSSR count). The van der Waals surface area contributed by atoms with Gasteiger partial charge in [0, 0.05) is 30.2 Å². The zero-order valence-corrected chi connectivity index (χ0v) is 14.4. The summed E-state index contributed by atoms with van der Waals surface area (Å²) in [5.41, 5.74) is 0.645. The van der Waals surface area contributed by atoms with Crippen LogP contribution in [0.15, 0.2) is 17.0 Å². The normalized spacial score (nSPS) is 16.5. The van der Waals surface area contributed by atoms with Crippen LogP contribution in [0.2, 0.25) is 10.0 Å². The molecule has 1 fully saturated rings. The summed E-state index contributed by atoms with van der Waals surface area (Å²) in [6.45, 7) is 4.48. The minimum Gasteiger partial charge on any atom is -0.313 e. The Morgan fingerprint density at radius 2 is 1.90 bits per heavy atom. The Balaban J connectivity index is 2.34. The van der Waals surface area contributed by atoms with Gasteiger partial charge < -0.3 is 5.32 Å². The van der Waals surface area contributed by atoms with E-state index in [0.29, 0.717) is 30.2 Å². The minimum absolute atomic E-state index is 0.156. The van der Waals surface area contributed by atoms with Gasteiger partial charge in [-0.2, -0.15) is 4.31 Å². The number of hydrogen-bond donors (Lipinski definition) is 1. The van der Waals surface area contributed by atoms with Crippen molar-refractivity contribution in [2.24, 2.45) is 0 Å². The number of nitrogens with zero attached hydrogens (tertiary/aromatic N) is 1. The molecule has 0 radical (unpaired) electrons. The number of rotatable bonds is 6. The third-order valence-corrected chi connectivity index (χ3v) is 6.40. The zero-order valence-electron chi connectivity index (χ0n) is 12.0. The third kappa shape index (κ3) is 3.71. The van der Waals surface area contributed by atoms with Gasteiger partial charge in [0.15, 0.2) is 0 Å². The Labute approximate surface area is 136 Å². The van der Waals surface area contributed by atoms with E-state index >= 15 is 0 Å². The van der Waals surface area contributed by atoms with E-state index in [1.54, 1.807) is 6.07 Å². The van der Waals surface area contributed by atoms with Crippen LogP contribution >= 0.6 is 23.2 Å². The van der Waals surface area contributed by atoms with Crippen LogP contribution in [-0.2, 0) is 16.6 Å². The van der Waals surface area contributed by atoms with Gasteiger partial charge in [0.05, 0.1) is 5.02 Å². The van der Waals surface area contributed by atoms with Crippen LogP contribution in [0.5, 0.6) is 0 Å². The van der Waals surface area contributed by atoms with Crippen LogP contribution < -0.4 is 5.32 Å². The first-order valence-electron chi connectivity index (χ1n) is 7.16. The molecule has 1 aliphatic rings. The summed E-state index contributed by atoms with van der Waals surface area (Å²) in [6.07, 6.45) is 2.78. The van der Waals surface area contributed by atoms with E-state index in [2.05, 4.69) is 12.2 Å². The summed E-state index contributed by atoms with van der Waals surface area (Å²) in [5.74, 6) is 0. The Hall–Kier alpha value is -0.330. The van der Waals surface area contributed by atoms with Crippen molar-refractivity contribution in [1.82, 2.24) is 9.62 Å². The molecule has 0 aromatic heterocycles. The minimum atomic E-state index is -3.52. The quantitative estimate of drug-likeness (QED) is 0.801. The van der Waals surface area contributed by atoms with Crippen molar-refractivity contribution in [3.63, 3.8) is 0 Å². The fourth-order valence-electron chi connectivity index (χ4n) is 2.40. The van der Waals surface area contributed by atoms with Crippen molar-refractivity contribution in [3.05, 3.63) is 27.7 Å². The second-order valence-corrected chi connectivity index (χ2v) is 7.82. The lowest BCUT2D eigenvalue weighted by Gasteiger charge is -2.18. The van der Waals surface area contributed by atoms with E-state index in [9.17, 15) is 8.42 Å². The molecule has 1 saturated heterocycles. The van der Waals surface area contributed by atoms with Crippen LogP contribution in [0.4, 0.5) is 0 Å². The molecule has 0 bridgehead atoms. The molecule has 0 aliphatic carbocycles. The van der Waals surface area contributed by atoms with E-state index in [0.717, 1.165) is 25.8 Å². The lowest BCUT2D eigenvalue weighted by molar-refractivity contribution is 0.477. The van der Waals surface area contributed by atoms with Crippen molar-refractivity contribution < 1.29 is 8.42 Å². The van der Waals surface area contributed by atoms with E-state index in [-0.39, 0.29) is 9.92 Å². The molecule has 0 spiro atoms. The van der Waals surface area contributed by atoms with E-state index in [4.69, 9.17) is 23.2 Å². The van der Waals surface area contributed by atoms with Crippen molar-refractivity contribution in [3.8, 4) is 0 Å². The second-order valence-electron chi connectivity index (χ2n) is 5.13. The maximum atomic E-state index is 12.6. The Morgan fingerprint density at radius 3 is 2.52 bits per heavy atom. The molecule has 0 atom stereocenters. The van der Waals surface area contributed by atoms with Gasteiger partial charge in [-0.3, -0.25) is 0 Å². The monoisotopic (exact) mass is 350 g/mol. The molecule has 1 N–H and O–H groups in total. The second kappa shape index (κ2) is 7.29. The van der Waals surface area contributed by atoms with Crippen LogP contribution in [-0.4, -0.2) is 32.4 Å². The van der Waals surface area contributed by atoms with Crippen molar-refractivity contribution in [2.45, 2.75) is 37.6 Å². The van der Waals surface area contributed by atoms with Crippen molar-refractivity contribution >= 4 is 33.2 Å². The number of halogens is 2. The van der Waals surface area contributed by atoms with Gasteiger partial charge in [-0.05, 0) is 37.9 Å². The standard InChI is InChI=1S/C14H20Cl2N2O2S/c1-2-7-17-10-11-12(15)5-6-13(14(11)16)21(19,20)18-8-3-4-9-18/h5-6,17H,2-4,7-10H2,1H3. The van der Waals surface area contributed by atoms with E-state index in [1.165, 1.54) is 10.4 Å². The maximum Gasteiger partial charge on any atom is 0.244 e. The van der Waals surface area contributed by atoms with Gasteiger partial charge in [-0.15, -0.1) is 0 Å². The van der Waals surface area contributed by atoms with E-state index < -0.39 is 10.0 Å². The SMILES string of the molecule is CCCNCc1c(Cl)ccc(S(=O)(=O)N2CCCC2)c1Cl. The fraction of sp³-hybridized carbons (Fsp3) is 0.571. The van der Waals surface area contributed by atoms with Crippen LogP contribution in [0, 0.1) is 0 Å². The van der Waals surface area contributed by atoms with Crippen LogP contribution in [0.3, 0.4) is 0 Å². The number of sulfonamides is 1. The highest BCUT2D eigenvalue weighted by Gasteiger charge is 2.30. The summed E-state index contributed by atoms with van der Waals surface area (Å²) in [4.78, 5) is 0.156. The summed E-state index contributed by atoms with van der Waals surface area (Å²) in [5, 5.41) is 3.93. The average Bonchev–Trinajstić information content (AvgIpc) is 2.97. The summed E-state index contributed by atoms with van der Waals surface area (Å²) in [6, 6.07) is 3.11. The van der Waals surface area contributed by atoms with Crippen LogP contribution in [0.1, 0.15) is 31.7 Å². The molecule has 0 saturated carbocycles. The zero-order chi connectivity index (χ0) is 15.5. The highest BCUT2D eigenvalue weighted by atomic mass is 35.5. The Bertz CT molecular complexity index is 599.